The van der Waals surface area contributed by atoms with E-state index in [2.05, 4.69) is 31.0 Å². The van der Waals surface area contributed by atoms with Gasteiger partial charge in [0.2, 0.25) is 0 Å². The Morgan fingerprint density at radius 1 is 1.54 bits per heavy atom. The second kappa shape index (κ2) is 3.14. The lowest BCUT2D eigenvalue weighted by molar-refractivity contribution is 0.828. The van der Waals surface area contributed by atoms with Crippen LogP contribution < -0.4 is 5.56 Å². The first kappa shape index (κ1) is 8.18. The highest BCUT2D eigenvalue weighted by molar-refractivity contribution is 9.10. The molecule has 2 rings (SSSR count). The molecule has 0 unspecified atom stereocenters. The van der Waals surface area contributed by atoms with Gasteiger partial charge in [0, 0.05) is 12.4 Å². The molecule has 0 aliphatic rings. The molecule has 6 heteroatoms. The minimum atomic E-state index is -0.222. The summed E-state index contributed by atoms with van der Waals surface area (Å²) >= 11 is 3.13. The molecule has 0 bridgehead atoms. The molecule has 5 nitrogen and oxygen atoms in total. The number of hydrogen-bond donors (Lipinski definition) is 1. The molecular weight excluding hydrogens is 236 g/mol. The number of rotatable bonds is 1. The van der Waals surface area contributed by atoms with Crippen LogP contribution in [0.5, 0.6) is 0 Å². The average Bonchev–Trinajstić information content (AvgIpc) is 2.62. The minimum Gasteiger partial charge on any atom is -0.312 e. The molecule has 0 amide bonds. The van der Waals surface area contributed by atoms with Crippen molar-refractivity contribution in [1.29, 1.82) is 0 Å². The Morgan fingerprint density at radius 3 is 3.08 bits per heavy atom. The molecule has 0 saturated heterocycles. The van der Waals surface area contributed by atoms with Crippen LogP contribution in [0.4, 0.5) is 0 Å². The number of aromatic nitrogens is 4. The standard InChI is InChI=1S/C7H5BrN4O/c8-5-6(9-4-10-7(5)13)12-3-1-2-11-12/h1-4H,(H,9,10,13). The van der Waals surface area contributed by atoms with E-state index >= 15 is 0 Å². The highest BCUT2D eigenvalue weighted by atomic mass is 79.9. The van der Waals surface area contributed by atoms with Gasteiger partial charge in [0.15, 0.2) is 5.82 Å². The van der Waals surface area contributed by atoms with E-state index in [0.717, 1.165) is 0 Å². The number of nitrogens with one attached hydrogen (secondary N) is 1. The van der Waals surface area contributed by atoms with Crippen LogP contribution in [-0.4, -0.2) is 19.7 Å². The molecule has 1 N–H and O–H groups in total. The highest BCUT2D eigenvalue weighted by Crippen LogP contribution is 2.10. The maximum atomic E-state index is 11.2. The van der Waals surface area contributed by atoms with Crippen molar-refractivity contribution in [3.63, 3.8) is 0 Å². The van der Waals surface area contributed by atoms with Gasteiger partial charge in [0.25, 0.3) is 5.56 Å². The van der Waals surface area contributed by atoms with E-state index in [1.165, 1.54) is 11.0 Å². The fourth-order valence-corrected chi connectivity index (χ4v) is 1.33. The third kappa shape index (κ3) is 1.40. The van der Waals surface area contributed by atoms with Gasteiger partial charge in [-0.3, -0.25) is 4.79 Å². The monoisotopic (exact) mass is 240 g/mol. The van der Waals surface area contributed by atoms with Crippen LogP contribution in [0.2, 0.25) is 0 Å². The van der Waals surface area contributed by atoms with Crippen LogP contribution in [-0.2, 0) is 0 Å². The molecule has 0 aromatic carbocycles. The Bertz CT molecular complexity index is 462. The molecule has 0 aliphatic heterocycles. The normalized spacial score (nSPS) is 10.2. The first-order valence-electron chi connectivity index (χ1n) is 3.52. The van der Waals surface area contributed by atoms with Gasteiger partial charge in [-0.15, -0.1) is 0 Å². The van der Waals surface area contributed by atoms with Gasteiger partial charge in [-0.05, 0) is 22.0 Å². The summed E-state index contributed by atoms with van der Waals surface area (Å²) in [4.78, 5) is 17.6. The molecule has 0 radical (unpaired) electrons. The van der Waals surface area contributed by atoms with E-state index in [1.54, 1.807) is 18.5 Å². The van der Waals surface area contributed by atoms with Crippen molar-refractivity contribution in [2.75, 3.05) is 0 Å². The van der Waals surface area contributed by atoms with E-state index in [-0.39, 0.29) is 5.56 Å². The van der Waals surface area contributed by atoms with Gasteiger partial charge >= 0.3 is 0 Å². The first-order valence-corrected chi connectivity index (χ1v) is 4.31. The average molecular weight is 241 g/mol. The van der Waals surface area contributed by atoms with Crippen LogP contribution in [0.1, 0.15) is 0 Å². The summed E-state index contributed by atoms with van der Waals surface area (Å²) in [5.41, 5.74) is -0.222. The van der Waals surface area contributed by atoms with Crippen molar-refractivity contribution < 1.29 is 0 Å². The summed E-state index contributed by atoms with van der Waals surface area (Å²) in [6.45, 7) is 0. The molecule has 66 valence electrons. The number of H-pyrrole nitrogens is 1. The van der Waals surface area contributed by atoms with Crippen molar-refractivity contribution in [3.8, 4) is 5.82 Å². The molecule has 0 spiro atoms. The van der Waals surface area contributed by atoms with E-state index < -0.39 is 0 Å². The summed E-state index contributed by atoms with van der Waals surface area (Å²) in [5.74, 6) is 0.480. The minimum absolute atomic E-state index is 0.222. The van der Waals surface area contributed by atoms with Crippen LogP contribution in [0.25, 0.3) is 5.82 Å². The molecule has 2 aromatic heterocycles. The van der Waals surface area contributed by atoms with Crippen LogP contribution in [0.3, 0.4) is 0 Å². The zero-order valence-corrected chi connectivity index (χ0v) is 8.02. The largest absolute Gasteiger partial charge is 0.312 e. The van der Waals surface area contributed by atoms with Crippen molar-refractivity contribution in [2.45, 2.75) is 0 Å². The SMILES string of the molecule is O=c1[nH]cnc(-n2cccn2)c1Br. The van der Waals surface area contributed by atoms with Crippen molar-refractivity contribution in [1.82, 2.24) is 19.7 Å². The predicted molar refractivity (Wildman–Crippen MR) is 49.7 cm³/mol. The third-order valence-electron chi connectivity index (χ3n) is 1.50. The molecule has 2 heterocycles. The Labute approximate surface area is 81.6 Å². The molecular formula is C7H5BrN4O. The first-order chi connectivity index (χ1) is 6.29. The summed E-state index contributed by atoms with van der Waals surface area (Å²) in [5, 5.41) is 3.96. The van der Waals surface area contributed by atoms with Gasteiger partial charge in [-0.1, -0.05) is 0 Å². The zero-order valence-electron chi connectivity index (χ0n) is 6.44. The van der Waals surface area contributed by atoms with Crippen molar-refractivity contribution in [2.24, 2.45) is 0 Å². The van der Waals surface area contributed by atoms with Crippen molar-refractivity contribution >= 4 is 15.9 Å². The number of halogens is 1. The quantitative estimate of drug-likeness (QED) is 0.799. The lowest BCUT2D eigenvalue weighted by Crippen LogP contribution is -2.12. The van der Waals surface area contributed by atoms with Gasteiger partial charge in [0.05, 0.1) is 6.33 Å². The highest BCUT2D eigenvalue weighted by Gasteiger charge is 2.06. The van der Waals surface area contributed by atoms with Crippen LogP contribution in [0.15, 0.2) is 34.1 Å². The Kier molecular flexibility index (Phi) is 1.97. The predicted octanol–water partition coefficient (Wildman–Crippen LogP) is 0.718. The van der Waals surface area contributed by atoms with Gasteiger partial charge in [-0.25, -0.2) is 9.67 Å². The number of nitrogens with zero attached hydrogens (tertiary/aromatic N) is 3. The summed E-state index contributed by atoms with van der Waals surface area (Å²) in [6.07, 6.45) is 4.67. The zero-order chi connectivity index (χ0) is 9.26. The maximum Gasteiger partial charge on any atom is 0.267 e. The van der Waals surface area contributed by atoms with E-state index in [9.17, 15) is 4.79 Å². The van der Waals surface area contributed by atoms with E-state index in [4.69, 9.17) is 0 Å². The van der Waals surface area contributed by atoms with Gasteiger partial charge in [-0.2, -0.15) is 5.10 Å². The van der Waals surface area contributed by atoms with E-state index in [0.29, 0.717) is 10.3 Å². The second-order valence-corrected chi connectivity index (χ2v) is 3.11. The summed E-state index contributed by atoms with van der Waals surface area (Å²) < 4.78 is 1.89. The second-order valence-electron chi connectivity index (χ2n) is 2.32. The number of hydrogen-bond acceptors (Lipinski definition) is 3. The Morgan fingerprint density at radius 2 is 2.38 bits per heavy atom. The van der Waals surface area contributed by atoms with Crippen LogP contribution >= 0.6 is 15.9 Å². The topological polar surface area (TPSA) is 63.6 Å². The van der Waals surface area contributed by atoms with Gasteiger partial charge < -0.3 is 4.98 Å². The maximum absolute atomic E-state index is 11.2. The molecule has 0 saturated carbocycles. The summed E-state index contributed by atoms with van der Waals surface area (Å²) in [7, 11) is 0. The Balaban J connectivity index is 2.66. The van der Waals surface area contributed by atoms with Crippen LogP contribution in [0, 0.1) is 0 Å². The Hall–Kier alpha value is -1.43. The van der Waals surface area contributed by atoms with Gasteiger partial charge in [0.1, 0.15) is 4.47 Å². The molecule has 13 heavy (non-hydrogen) atoms. The fraction of sp³-hybridized carbons (Fsp3) is 0. The molecule has 2 aromatic rings. The molecule has 0 atom stereocenters. The lowest BCUT2D eigenvalue weighted by atomic mass is 10.6. The van der Waals surface area contributed by atoms with E-state index in [1.807, 2.05) is 0 Å². The lowest BCUT2D eigenvalue weighted by Gasteiger charge is -2.00. The fourth-order valence-electron chi connectivity index (χ4n) is 0.927. The number of aromatic amines is 1. The molecule has 0 fully saturated rings. The molecule has 0 aliphatic carbocycles. The van der Waals surface area contributed by atoms with Crippen molar-refractivity contribution in [3.05, 3.63) is 39.6 Å². The third-order valence-corrected chi connectivity index (χ3v) is 2.21. The summed E-state index contributed by atoms with van der Waals surface area (Å²) in [6, 6.07) is 1.76. The smallest absolute Gasteiger partial charge is 0.267 e.